The van der Waals surface area contributed by atoms with Gasteiger partial charge in [-0.3, -0.25) is 0 Å². The second-order valence-electron chi connectivity index (χ2n) is 5.07. The molecular weight excluding hydrogens is 312 g/mol. The summed E-state index contributed by atoms with van der Waals surface area (Å²) < 4.78 is 1.10. The van der Waals surface area contributed by atoms with Gasteiger partial charge in [-0.05, 0) is 43.1 Å². The average molecular weight is 334 g/mol. The Labute approximate surface area is 124 Å². The quantitative estimate of drug-likeness (QED) is 0.792. The van der Waals surface area contributed by atoms with Gasteiger partial charge in [-0.1, -0.05) is 41.4 Å². The molecule has 0 saturated heterocycles. The molecule has 0 heterocycles. The van der Waals surface area contributed by atoms with Gasteiger partial charge in [0.05, 0.1) is 0 Å². The average Bonchev–Trinajstić information content (AvgIpc) is 2.30. The Kier molecular flexibility index (Phi) is 7.23. The molecule has 2 N–H and O–H groups in total. The van der Waals surface area contributed by atoms with Crippen LogP contribution in [0.1, 0.15) is 26.3 Å². The Morgan fingerprint density at radius 3 is 2.61 bits per heavy atom. The third kappa shape index (κ3) is 6.19. The van der Waals surface area contributed by atoms with Gasteiger partial charge in [-0.2, -0.15) is 0 Å². The molecule has 1 unspecified atom stereocenters. The van der Waals surface area contributed by atoms with Gasteiger partial charge in [-0.25, -0.2) is 0 Å². The summed E-state index contributed by atoms with van der Waals surface area (Å²) in [6.45, 7) is 9.49. The first kappa shape index (κ1) is 16.0. The van der Waals surface area contributed by atoms with Crippen molar-refractivity contribution in [2.75, 3.05) is 13.1 Å². The first-order valence-electron chi connectivity index (χ1n) is 6.37. The lowest BCUT2D eigenvalue weighted by Gasteiger charge is -2.16. The van der Waals surface area contributed by atoms with Crippen molar-refractivity contribution in [3.8, 4) is 0 Å². The predicted molar refractivity (Wildman–Crippen MR) is 83.2 cm³/mol. The van der Waals surface area contributed by atoms with Crippen molar-refractivity contribution in [2.45, 2.75) is 33.4 Å². The molecule has 0 aromatic heterocycles. The lowest BCUT2D eigenvalue weighted by Crippen LogP contribution is -2.37. The molecule has 0 fully saturated rings. The summed E-state index contributed by atoms with van der Waals surface area (Å²) >= 11 is 9.53. The van der Waals surface area contributed by atoms with Crippen LogP contribution in [0.15, 0.2) is 22.7 Å². The third-order valence-electron chi connectivity index (χ3n) is 2.65. The number of benzene rings is 1. The third-order valence-corrected chi connectivity index (χ3v) is 3.66. The molecule has 0 aliphatic carbocycles. The summed E-state index contributed by atoms with van der Waals surface area (Å²) in [4.78, 5) is 0. The zero-order chi connectivity index (χ0) is 13.5. The lowest BCUT2D eigenvalue weighted by atomic mass is 10.2. The Balaban J connectivity index is 2.33. The molecular formula is C14H22BrClN2. The minimum atomic E-state index is 0.439. The first-order chi connectivity index (χ1) is 8.49. The number of rotatable bonds is 7. The van der Waals surface area contributed by atoms with Gasteiger partial charge in [-0.15, -0.1) is 0 Å². The second kappa shape index (κ2) is 8.16. The standard InChI is InChI=1S/C14H22BrClN2/c1-10(2)7-17-8-11(3)18-9-12-6-13(16)4-5-14(12)15/h4-6,10-11,17-18H,7-9H2,1-3H3. The molecule has 102 valence electrons. The summed E-state index contributed by atoms with van der Waals surface area (Å²) in [5.41, 5.74) is 1.19. The fraction of sp³-hybridized carbons (Fsp3) is 0.571. The molecule has 1 aromatic rings. The zero-order valence-corrected chi connectivity index (χ0v) is 13.6. The SMILES string of the molecule is CC(C)CNCC(C)NCc1cc(Cl)ccc1Br. The van der Waals surface area contributed by atoms with Crippen LogP contribution in [0.2, 0.25) is 5.02 Å². The van der Waals surface area contributed by atoms with Crippen LogP contribution in [0.3, 0.4) is 0 Å². The van der Waals surface area contributed by atoms with E-state index in [2.05, 4.69) is 47.3 Å². The number of nitrogens with one attached hydrogen (secondary N) is 2. The molecule has 2 nitrogen and oxygen atoms in total. The van der Waals surface area contributed by atoms with Crippen LogP contribution < -0.4 is 10.6 Å². The van der Waals surface area contributed by atoms with Crippen LogP contribution in [0.4, 0.5) is 0 Å². The fourth-order valence-electron chi connectivity index (χ4n) is 1.62. The van der Waals surface area contributed by atoms with Gasteiger partial charge < -0.3 is 10.6 Å². The van der Waals surface area contributed by atoms with Crippen LogP contribution in [0.5, 0.6) is 0 Å². The van der Waals surface area contributed by atoms with Crippen LogP contribution in [-0.2, 0) is 6.54 Å². The van der Waals surface area contributed by atoms with Gasteiger partial charge >= 0.3 is 0 Å². The van der Waals surface area contributed by atoms with Gasteiger partial charge in [0.1, 0.15) is 0 Å². The topological polar surface area (TPSA) is 24.1 Å². The van der Waals surface area contributed by atoms with E-state index in [4.69, 9.17) is 11.6 Å². The molecule has 0 aliphatic heterocycles. The van der Waals surface area contributed by atoms with Crippen molar-refractivity contribution in [3.05, 3.63) is 33.3 Å². The van der Waals surface area contributed by atoms with E-state index in [1.165, 1.54) is 5.56 Å². The van der Waals surface area contributed by atoms with Gasteiger partial charge in [0.2, 0.25) is 0 Å². The molecule has 4 heteroatoms. The molecule has 0 bridgehead atoms. The lowest BCUT2D eigenvalue weighted by molar-refractivity contribution is 0.472. The Morgan fingerprint density at radius 1 is 1.22 bits per heavy atom. The Hall–Kier alpha value is -0.0900. The molecule has 1 atom stereocenters. The minimum Gasteiger partial charge on any atom is -0.315 e. The van der Waals surface area contributed by atoms with E-state index in [-0.39, 0.29) is 0 Å². The maximum atomic E-state index is 5.99. The largest absolute Gasteiger partial charge is 0.315 e. The maximum Gasteiger partial charge on any atom is 0.0410 e. The van der Waals surface area contributed by atoms with E-state index in [1.807, 2.05) is 18.2 Å². The highest BCUT2D eigenvalue weighted by Crippen LogP contribution is 2.20. The van der Waals surface area contributed by atoms with Crippen LogP contribution >= 0.6 is 27.5 Å². The highest BCUT2D eigenvalue weighted by molar-refractivity contribution is 9.10. The molecule has 0 radical (unpaired) electrons. The van der Waals surface area contributed by atoms with E-state index in [0.717, 1.165) is 29.1 Å². The second-order valence-corrected chi connectivity index (χ2v) is 6.36. The van der Waals surface area contributed by atoms with E-state index < -0.39 is 0 Å². The van der Waals surface area contributed by atoms with Gasteiger partial charge in [0, 0.05) is 28.6 Å². The van der Waals surface area contributed by atoms with Gasteiger partial charge in [0.25, 0.3) is 0 Å². The highest BCUT2D eigenvalue weighted by Gasteiger charge is 2.05. The van der Waals surface area contributed by atoms with Crippen molar-refractivity contribution < 1.29 is 0 Å². The van der Waals surface area contributed by atoms with Gasteiger partial charge in [0.15, 0.2) is 0 Å². The van der Waals surface area contributed by atoms with E-state index in [9.17, 15) is 0 Å². The van der Waals surface area contributed by atoms with Crippen LogP contribution in [0.25, 0.3) is 0 Å². The molecule has 0 spiro atoms. The Bertz CT molecular complexity index is 369. The molecule has 1 aromatic carbocycles. The zero-order valence-electron chi connectivity index (χ0n) is 11.3. The van der Waals surface area contributed by atoms with Crippen molar-refractivity contribution >= 4 is 27.5 Å². The molecule has 0 saturated carbocycles. The van der Waals surface area contributed by atoms with Crippen molar-refractivity contribution in [2.24, 2.45) is 5.92 Å². The molecule has 1 rings (SSSR count). The fourth-order valence-corrected chi connectivity index (χ4v) is 2.21. The van der Waals surface area contributed by atoms with Crippen LogP contribution in [-0.4, -0.2) is 19.1 Å². The summed E-state index contributed by atoms with van der Waals surface area (Å²) in [7, 11) is 0. The van der Waals surface area contributed by atoms with Crippen molar-refractivity contribution in [1.82, 2.24) is 10.6 Å². The normalized spacial score (nSPS) is 13.0. The number of halogens is 2. The van der Waals surface area contributed by atoms with E-state index in [1.54, 1.807) is 0 Å². The molecule has 0 aliphatic rings. The molecule has 0 amide bonds. The monoisotopic (exact) mass is 332 g/mol. The summed E-state index contributed by atoms with van der Waals surface area (Å²) in [6.07, 6.45) is 0. The van der Waals surface area contributed by atoms with Crippen molar-refractivity contribution in [1.29, 1.82) is 0 Å². The summed E-state index contributed by atoms with van der Waals surface area (Å²) in [6, 6.07) is 6.31. The predicted octanol–water partition coefficient (Wildman–Crippen LogP) is 3.83. The number of hydrogen-bond acceptors (Lipinski definition) is 2. The Morgan fingerprint density at radius 2 is 1.94 bits per heavy atom. The minimum absolute atomic E-state index is 0.439. The smallest absolute Gasteiger partial charge is 0.0410 e. The van der Waals surface area contributed by atoms with Crippen LogP contribution in [0, 0.1) is 5.92 Å². The van der Waals surface area contributed by atoms with Crippen molar-refractivity contribution in [3.63, 3.8) is 0 Å². The highest BCUT2D eigenvalue weighted by atomic mass is 79.9. The molecule has 18 heavy (non-hydrogen) atoms. The summed E-state index contributed by atoms with van der Waals surface area (Å²) in [5.74, 6) is 0.694. The number of hydrogen-bond donors (Lipinski definition) is 2. The van der Waals surface area contributed by atoms with E-state index in [0.29, 0.717) is 12.0 Å². The maximum absolute atomic E-state index is 5.99. The van der Waals surface area contributed by atoms with E-state index >= 15 is 0 Å². The first-order valence-corrected chi connectivity index (χ1v) is 7.54. The summed E-state index contributed by atoms with van der Waals surface area (Å²) in [5, 5.41) is 7.71.